The van der Waals surface area contributed by atoms with Crippen molar-refractivity contribution in [3.63, 3.8) is 0 Å². The van der Waals surface area contributed by atoms with E-state index in [2.05, 4.69) is 34.2 Å². The molecule has 1 aliphatic heterocycles. The van der Waals surface area contributed by atoms with Gasteiger partial charge in [-0.05, 0) is 55.1 Å². The van der Waals surface area contributed by atoms with Crippen LogP contribution in [0.5, 0.6) is 5.75 Å². The monoisotopic (exact) mass is 339 g/mol. The molecule has 0 saturated heterocycles. The maximum Gasteiger partial charge on any atom is 0.119 e. The Kier molecular flexibility index (Phi) is 5.92. The summed E-state index contributed by atoms with van der Waals surface area (Å²) >= 11 is 3.66. The lowest BCUT2D eigenvalue weighted by atomic mass is 9.95. The van der Waals surface area contributed by atoms with E-state index >= 15 is 0 Å². The molecule has 1 aromatic carbocycles. The molecule has 0 radical (unpaired) electrons. The summed E-state index contributed by atoms with van der Waals surface area (Å²) < 4.78 is 12.0. The summed E-state index contributed by atoms with van der Waals surface area (Å²) in [7, 11) is 1.70. The van der Waals surface area contributed by atoms with Gasteiger partial charge in [0, 0.05) is 4.47 Å². The zero-order chi connectivity index (χ0) is 14.4. The van der Waals surface area contributed by atoms with Gasteiger partial charge in [0.05, 0.1) is 26.0 Å². The second-order valence-electron chi connectivity index (χ2n) is 4.94. The van der Waals surface area contributed by atoms with Crippen LogP contribution >= 0.6 is 15.9 Å². The molecular formula is C16H22BrNO2. The van der Waals surface area contributed by atoms with Crippen molar-refractivity contribution in [2.24, 2.45) is 0 Å². The van der Waals surface area contributed by atoms with Crippen LogP contribution in [0.2, 0.25) is 0 Å². The van der Waals surface area contributed by atoms with E-state index in [-0.39, 0.29) is 6.04 Å². The third kappa shape index (κ3) is 3.76. The molecule has 20 heavy (non-hydrogen) atoms. The standard InChI is InChI=1S/C16H22BrNO2/c1-3-8-18-16(12-5-4-9-20-11-12)14-10-13(19-2)6-7-15(14)17/h6-7,10-11,16,18H,3-5,8-9H2,1-2H3. The molecule has 0 saturated carbocycles. The van der Waals surface area contributed by atoms with Crippen molar-refractivity contribution in [1.29, 1.82) is 0 Å². The predicted octanol–water partition coefficient (Wildman–Crippen LogP) is 4.19. The Labute approximate surface area is 129 Å². The smallest absolute Gasteiger partial charge is 0.119 e. The fourth-order valence-electron chi connectivity index (χ4n) is 2.40. The van der Waals surface area contributed by atoms with Crippen LogP contribution in [0.3, 0.4) is 0 Å². The van der Waals surface area contributed by atoms with Crippen molar-refractivity contribution in [2.45, 2.75) is 32.2 Å². The largest absolute Gasteiger partial charge is 0.501 e. The van der Waals surface area contributed by atoms with Crippen LogP contribution in [0.1, 0.15) is 37.8 Å². The minimum atomic E-state index is 0.180. The molecule has 1 atom stereocenters. The topological polar surface area (TPSA) is 30.5 Å². The third-order valence-corrected chi connectivity index (χ3v) is 4.17. The summed E-state index contributed by atoms with van der Waals surface area (Å²) in [5, 5.41) is 3.61. The number of nitrogens with one attached hydrogen (secondary N) is 1. The van der Waals surface area contributed by atoms with Crippen molar-refractivity contribution >= 4 is 15.9 Å². The van der Waals surface area contributed by atoms with Crippen LogP contribution in [0.25, 0.3) is 0 Å². The summed E-state index contributed by atoms with van der Waals surface area (Å²) in [4.78, 5) is 0. The van der Waals surface area contributed by atoms with Gasteiger partial charge in [-0.25, -0.2) is 0 Å². The van der Waals surface area contributed by atoms with Gasteiger partial charge < -0.3 is 14.8 Å². The fraction of sp³-hybridized carbons (Fsp3) is 0.500. The van der Waals surface area contributed by atoms with E-state index in [0.717, 1.165) is 42.6 Å². The molecule has 1 N–H and O–H groups in total. The second kappa shape index (κ2) is 7.70. The van der Waals surface area contributed by atoms with Crippen LogP contribution in [0, 0.1) is 0 Å². The number of benzene rings is 1. The summed E-state index contributed by atoms with van der Waals surface area (Å²) in [6.07, 6.45) is 5.18. The Hall–Kier alpha value is -1.00. The summed E-state index contributed by atoms with van der Waals surface area (Å²) in [6.45, 7) is 3.98. The highest BCUT2D eigenvalue weighted by Crippen LogP contribution is 2.34. The zero-order valence-electron chi connectivity index (χ0n) is 12.1. The Morgan fingerprint density at radius 1 is 1.45 bits per heavy atom. The highest BCUT2D eigenvalue weighted by atomic mass is 79.9. The van der Waals surface area contributed by atoms with Gasteiger partial charge in [0.2, 0.25) is 0 Å². The second-order valence-corrected chi connectivity index (χ2v) is 5.80. The first kappa shape index (κ1) is 15.4. The molecule has 0 spiro atoms. The fourth-order valence-corrected chi connectivity index (χ4v) is 2.87. The highest BCUT2D eigenvalue weighted by Gasteiger charge is 2.21. The van der Waals surface area contributed by atoms with Gasteiger partial charge in [0.25, 0.3) is 0 Å². The van der Waals surface area contributed by atoms with E-state index in [1.807, 2.05) is 18.4 Å². The lowest BCUT2D eigenvalue weighted by Gasteiger charge is -2.26. The first-order valence-electron chi connectivity index (χ1n) is 7.13. The zero-order valence-corrected chi connectivity index (χ0v) is 13.7. The summed E-state index contributed by atoms with van der Waals surface area (Å²) in [5.74, 6) is 0.879. The van der Waals surface area contributed by atoms with E-state index in [9.17, 15) is 0 Å². The van der Waals surface area contributed by atoms with Crippen LogP contribution in [-0.4, -0.2) is 20.3 Å². The number of methoxy groups -OCH3 is 1. The number of hydrogen-bond acceptors (Lipinski definition) is 3. The van der Waals surface area contributed by atoms with E-state index in [1.54, 1.807) is 7.11 Å². The molecule has 0 bridgehead atoms. The number of halogens is 1. The van der Waals surface area contributed by atoms with Gasteiger partial charge in [-0.1, -0.05) is 22.9 Å². The first-order chi connectivity index (χ1) is 9.76. The van der Waals surface area contributed by atoms with Crippen LogP contribution in [-0.2, 0) is 4.74 Å². The van der Waals surface area contributed by atoms with E-state index in [4.69, 9.17) is 9.47 Å². The maximum atomic E-state index is 5.51. The van der Waals surface area contributed by atoms with Crippen molar-refractivity contribution in [1.82, 2.24) is 5.32 Å². The Morgan fingerprint density at radius 2 is 2.30 bits per heavy atom. The highest BCUT2D eigenvalue weighted by molar-refractivity contribution is 9.10. The Bertz CT molecular complexity index is 474. The molecule has 2 rings (SSSR count). The molecule has 1 aromatic rings. The average molecular weight is 340 g/mol. The normalized spacial score (nSPS) is 16.2. The average Bonchev–Trinajstić information content (AvgIpc) is 2.50. The van der Waals surface area contributed by atoms with Gasteiger partial charge in [-0.2, -0.15) is 0 Å². The summed E-state index contributed by atoms with van der Waals surface area (Å²) in [6, 6.07) is 6.28. The molecule has 0 fully saturated rings. The van der Waals surface area contributed by atoms with E-state index in [0.29, 0.717) is 0 Å². The Balaban J connectivity index is 2.32. The number of hydrogen-bond donors (Lipinski definition) is 1. The van der Waals surface area contributed by atoms with Crippen LogP contribution in [0.15, 0.2) is 34.5 Å². The molecule has 0 amide bonds. The first-order valence-corrected chi connectivity index (χ1v) is 7.93. The minimum Gasteiger partial charge on any atom is -0.501 e. The van der Waals surface area contributed by atoms with Gasteiger partial charge in [-0.3, -0.25) is 0 Å². The lowest BCUT2D eigenvalue weighted by molar-refractivity contribution is 0.219. The molecule has 1 unspecified atom stereocenters. The maximum absolute atomic E-state index is 5.51. The number of ether oxygens (including phenoxy) is 2. The Morgan fingerprint density at radius 3 is 2.95 bits per heavy atom. The minimum absolute atomic E-state index is 0.180. The molecule has 1 aliphatic rings. The molecule has 1 heterocycles. The van der Waals surface area contributed by atoms with Crippen molar-refractivity contribution in [2.75, 3.05) is 20.3 Å². The molecule has 110 valence electrons. The third-order valence-electron chi connectivity index (χ3n) is 3.45. The van der Waals surface area contributed by atoms with E-state index in [1.165, 1.54) is 11.1 Å². The van der Waals surface area contributed by atoms with Crippen molar-refractivity contribution in [3.05, 3.63) is 40.1 Å². The van der Waals surface area contributed by atoms with Crippen molar-refractivity contribution < 1.29 is 9.47 Å². The van der Waals surface area contributed by atoms with E-state index < -0.39 is 0 Å². The van der Waals surface area contributed by atoms with Crippen LogP contribution < -0.4 is 10.1 Å². The lowest BCUT2D eigenvalue weighted by Crippen LogP contribution is -2.25. The van der Waals surface area contributed by atoms with Crippen molar-refractivity contribution in [3.8, 4) is 5.75 Å². The molecule has 0 aromatic heterocycles. The van der Waals surface area contributed by atoms with Gasteiger partial charge >= 0.3 is 0 Å². The molecular weight excluding hydrogens is 318 g/mol. The van der Waals surface area contributed by atoms with Gasteiger partial charge in [-0.15, -0.1) is 0 Å². The number of rotatable bonds is 6. The summed E-state index contributed by atoms with van der Waals surface area (Å²) in [5.41, 5.74) is 2.51. The molecule has 3 nitrogen and oxygen atoms in total. The molecule has 4 heteroatoms. The van der Waals surface area contributed by atoms with Gasteiger partial charge in [0.1, 0.15) is 5.75 Å². The van der Waals surface area contributed by atoms with Gasteiger partial charge in [0.15, 0.2) is 0 Å². The predicted molar refractivity (Wildman–Crippen MR) is 85.0 cm³/mol. The quantitative estimate of drug-likeness (QED) is 0.842. The molecule has 0 aliphatic carbocycles. The SMILES string of the molecule is CCCNC(C1=COCCC1)c1cc(OC)ccc1Br. The van der Waals surface area contributed by atoms with Crippen LogP contribution in [0.4, 0.5) is 0 Å².